The van der Waals surface area contributed by atoms with Crippen LogP contribution in [-0.4, -0.2) is 10.9 Å². The first-order chi connectivity index (χ1) is 7.77. The van der Waals surface area contributed by atoms with Crippen LogP contribution in [0.3, 0.4) is 0 Å². The number of carbonyl (C=O) groups excluding carboxylic acids is 1. The number of carbonyl (C=O) groups is 1. The van der Waals surface area contributed by atoms with Gasteiger partial charge in [0.05, 0.1) is 5.76 Å². The summed E-state index contributed by atoms with van der Waals surface area (Å²) in [5, 5.41) is 9.94. The van der Waals surface area contributed by atoms with Crippen LogP contribution in [0.2, 0.25) is 0 Å². The third-order valence-electron chi connectivity index (χ3n) is 4.07. The van der Waals surface area contributed by atoms with E-state index in [1.165, 1.54) is 38.2 Å². The second-order valence-electron chi connectivity index (χ2n) is 5.29. The van der Waals surface area contributed by atoms with Crippen LogP contribution in [0.5, 0.6) is 0 Å². The van der Waals surface area contributed by atoms with Crippen molar-refractivity contribution in [3.05, 3.63) is 11.8 Å². The molecule has 0 radical (unpaired) electrons. The van der Waals surface area contributed by atoms with E-state index in [-0.39, 0.29) is 17.6 Å². The molecule has 0 spiro atoms. The Hall–Kier alpha value is -0.790. The highest BCUT2D eigenvalue weighted by atomic mass is 16.3. The van der Waals surface area contributed by atoms with E-state index in [0.29, 0.717) is 5.76 Å². The van der Waals surface area contributed by atoms with Gasteiger partial charge in [0.25, 0.3) is 0 Å². The van der Waals surface area contributed by atoms with Crippen LogP contribution in [0.1, 0.15) is 57.8 Å². The Labute approximate surface area is 97.7 Å². The SMILES string of the molecule is O=C(C=C(O)C1CCCCC1)C1CCCC1. The molecule has 2 nitrogen and oxygen atoms in total. The first-order valence-electron chi connectivity index (χ1n) is 6.72. The second kappa shape index (κ2) is 5.51. The molecule has 0 unspecified atom stereocenters. The third-order valence-corrected chi connectivity index (χ3v) is 4.07. The minimum absolute atomic E-state index is 0.167. The van der Waals surface area contributed by atoms with Crippen LogP contribution < -0.4 is 0 Å². The highest BCUT2D eigenvalue weighted by Gasteiger charge is 2.23. The largest absolute Gasteiger partial charge is 0.512 e. The monoisotopic (exact) mass is 222 g/mol. The quantitative estimate of drug-likeness (QED) is 0.583. The number of ketones is 1. The van der Waals surface area contributed by atoms with Gasteiger partial charge in [-0.15, -0.1) is 0 Å². The van der Waals surface area contributed by atoms with Gasteiger partial charge in [0.1, 0.15) is 0 Å². The summed E-state index contributed by atoms with van der Waals surface area (Å²) in [6, 6.07) is 0. The Morgan fingerprint density at radius 3 is 2.00 bits per heavy atom. The standard InChI is InChI=1S/C14H22O2/c15-13(11-6-2-1-3-7-11)10-14(16)12-8-4-5-9-12/h10-12,15H,1-9H2. The fourth-order valence-electron chi connectivity index (χ4n) is 2.99. The Bertz CT molecular complexity index is 268. The van der Waals surface area contributed by atoms with Gasteiger partial charge in [-0.2, -0.15) is 0 Å². The van der Waals surface area contributed by atoms with E-state index < -0.39 is 0 Å². The number of rotatable bonds is 3. The Morgan fingerprint density at radius 2 is 1.38 bits per heavy atom. The molecule has 0 saturated heterocycles. The molecule has 0 aromatic rings. The topological polar surface area (TPSA) is 37.3 Å². The summed E-state index contributed by atoms with van der Waals surface area (Å²) in [6.45, 7) is 0. The lowest BCUT2D eigenvalue weighted by Crippen LogP contribution is -2.13. The van der Waals surface area contributed by atoms with Crippen molar-refractivity contribution in [1.82, 2.24) is 0 Å². The average molecular weight is 222 g/mol. The molecule has 2 aliphatic rings. The van der Waals surface area contributed by atoms with Gasteiger partial charge in [0.15, 0.2) is 5.78 Å². The van der Waals surface area contributed by atoms with Crippen molar-refractivity contribution >= 4 is 5.78 Å². The maximum atomic E-state index is 11.9. The van der Waals surface area contributed by atoms with Crippen LogP contribution in [0.25, 0.3) is 0 Å². The molecule has 2 aliphatic carbocycles. The zero-order valence-electron chi connectivity index (χ0n) is 9.95. The molecular formula is C14H22O2. The second-order valence-corrected chi connectivity index (χ2v) is 5.29. The summed E-state index contributed by atoms with van der Waals surface area (Å²) < 4.78 is 0. The Balaban J connectivity index is 1.91. The van der Waals surface area contributed by atoms with Crippen molar-refractivity contribution in [2.45, 2.75) is 57.8 Å². The molecule has 2 rings (SSSR count). The van der Waals surface area contributed by atoms with Gasteiger partial charge in [-0.05, 0) is 25.7 Å². The van der Waals surface area contributed by atoms with Gasteiger partial charge in [-0.1, -0.05) is 32.1 Å². The molecule has 2 saturated carbocycles. The van der Waals surface area contributed by atoms with E-state index in [1.807, 2.05) is 0 Å². The van der Waals surface area contributed by atoms with Gasteiger partial charge in [-0.25, -0.2) is 0 Å². The van der Waals surface area contributed by atoms with Crippen molar-refractivity contribution in [1.29, 1.82) is 0 Å². The lowest BCUT2D eigenvalue weighted by atomic mass is 9.87. The molecule has 16 heavy (non-hydrogen) atoms. The van der Waals surface area contributed by atoms with E-state index in [1.54, 1.807) is 0 Å². The number of hydrogen-bond donors (Lipinski definition) is 1. The Kier molecular flexibility index (Phi) is 4.03. The number of hydrogen-bond acceptors (Lipinski definition) is 2. The third kappa shape index (κ3) is 2.87. The van der Waals surface area contributed by atoms with E-state index in [9.17, 15) is 9.90 Å². The first kappa shape index (κ1) is 11.7. The molecule has 0 atom stereocenters. The molecule has 0 bridgehead atoms. The number of aliphatic hydroxyl groups is 1. The fourth-order valence-corrected chi connectivity index (χ4v) is 2.99. The lowest BCUT2D eigenvalue weighted by Gasteiger charge is -2.20. The minimum Gasteiger partial charge on any atom is -0.512 e. The van der Waals surface area contributed by atoms with E-state index in [2.05, 4.69) is 0 Å². The summed E-state index contributed by atoms with van der Waals surface area (Å²) in [4.78, 5) is 11.9. The molecule has 1 N–H and O–H groups in total. The summed E-state index contributed by atoms with van der Waals surface area (Å²) in [5.74, 6) is 0.988. The van der Waals surface area contributed by atoms with Crippen molar-refractivity contribution in [3.63, 3.8) is 0 Å². The zero-order valence-corrected chi connectivity index (χ0v) is 9.95. The van der Waals surface area contributed by atoms with Gasteiger partial charge >= 0.3 is 0 Å². The summed E-state index contributed by atoms with van der Waals surface area (Å²) >= 11 is 0. The molecule has 0 aromatic heterocycles. The van der Waals surface area contributed by atoms with Crippen molar-refractivity contribution in [3.8, 4) is 0 Å². The highest BCUT2D eigenvalue weighted by Crippen LogP contribution is 2.30. The van der Waals surface area contributed by atoms with Crippen LogP contribution in [0.15, 0.2) is 11.8 Å². The van der Waals surface area contributed by atoms with Crippen LogP contribution in [0, 0.1) is 11.8 Å². The van der Waals surface area contributed by atoms with Gasteiger partial charge in [0, 0.05) is 17.9 Å². The molecule has 2 fully saturated rings. The average Bonchev–Trinajstić information content (AvgIpc) is 2.83. The summed E-state index contributed by atoms with van der Waals surface area (Å²) in [7, 11) is 0. The molecule has 90 valence electrons. The van der Waals surface area contributed by atoms with Crippen molar-refractivity contribution in [2.75, 3.05) is 0 Å². The zero-order chi connectivity index (χ0) is 11.4. The highest BCUT2D eigenvalue weighted by molar-refractivity contribution is 5.92. The fraction of sp³-hybridized carbons (Fsp3) is 0.786. The van der Waals surface area contributed by atoms with Gasteiger partial charge < -0.3 is 5.11 Å². The molecule has 0 aromatic carbocycles. The smallest absolute Gasteiger partial charge is 0.162 e. The van der Waals surface area contributed by atoms with Gasteiger partial charge in [-0.3, -0.25) is 4.79 Å². The molecule has 0 amide bonds. The van der Waals surface area contributed by atoms with Crippen LogP contribution in [-0.2, 0) is 4.79 Å². The van der Waals surface area contributed by atoms with E-state index in [4.69, 9.17) is 0 Å². The molecule has 0 aliphatic heterocycles. The first-order valence-corrected chi connectivity index (χ1v) is 6.72. The normalized spacial score (nSPS) is 24.9. The lowest BCUT2D eigenvalue weighted by molar-refractivity contribution is -0.118. The van der Waals surface area contributed by atoms with Crippen LogP contribution in [0.4, 0.5) is 0 Å². The predicted octanol–water partition coefficient (Wildman–Crippen LogP) is 3.77. The van der Waals surface area contributed by atoms with Gasteiger partial charge in [0.2, 0.25) is 0 Å². The van der Waals surface area contributed by atoms with E-state index in [0.717, 1.165) is 25.7 Å². The molecule has 0 heterocycles. The number of allylic oxidation sites excluding steroid dienone is 2. The summed E-state index contributed by atoms with van der Waals surface area (Å²) in [5.41, 5.74) is 0. The van der Waals surface area contributed by atoms with Crippen molar-refractivity contribution < 1.29 is 9.90 Å². The number of aliphatic hydroxyl groups excluding tert-OH is 1. The van der Waals surface area contributed by atoms with E-state index >= 15 is 0 Å². The summed E-state index contributed by atoms with van der Waals surface area (Å²) in [6.07, 6.45) is 11.7. The maximum Gasteiger partial charge on any atom is 0.162 e. The molecule has 2 heteroatoms. The predicted molar refractivity (Wildman–Crippen MR) is 64.3 cm³/mol. The van der Waals surface area contributed by atoms with Crippen molar-refractivity contribution in [2.24, 2.45) is 11.8 Å². The minimum atomic E-state index is 0.167. The Morgan fingerprint density at radius 1 is 0.875 bits per heavy atom. The molecular weight excluding hydrogens is 200 g/mol. The maximum absolute atomic E-state index is 11.9. The van der Waals surface area contributed by atoms with Crippen LogP contribution >= 0.6 is 0 Å².